The fraction of sp³-hybridized carbons (Fsp3) is 0.208. The molecular weight excluding hydrogens is 395 g/mol. The summed E-state index contributed by atoms with van der Waals surface area (Å²) in [7, 11) is 1.59. The molecule has 6 nitrogen and oxygen atoms in total. The molecule has 1 atom stereocenters. The number of aryl methyl sites for hydroxylation is 2. The van der Waals surface area contributed by atoms with E-state index in [0.717, 1.165) is 28.1 Å². The van der Waals surface area contributed by atoms with Crippen molar-refractivity contribution in [3.05, 3.63) is 88.5 Å². The summed E-state index contributed by atoms with van der Waals surface area (Å²) < 4.78 is 13.4. The molecule has 3 aromatic rings. The standard InChI is InChI=1S/C24H23FN4O2/c1-14-4-5-17(21-10-15(2)27-28-21)11-18(14)12-22(30)20-13-29(3)24(31)26-23(20)16-6-8-19(25)9-7-16/h4-11,13,23H,12H2,1-3H3,(H,26,31)(H,27,28)/t23-/m0/s1. The Labute approximate surface area is 179 Å². The number of carbonyl (C=O) groups excluding carboxylic acids is 2. The highest BCUT2D eigenvalue weighted by atomic mass is 19.1. The van der Waals surface area contributed by atoms with Crippen molar-refractivity contribution in [2.75, 3.05) is 7.05 Å². The Kier molecular flexibility index (Phi) is 5.42. The Bertz CT molecular complexity index is 1180. The van der Waals surface area contributed by atoms with Crippen LogP contribution in [-0.4, -0.2) is 34.0 Å². The minimum absolute atomic E-state index is 0.111. The maximum atomic E-state index is 13.4. The number of nitrogens with zero attached hydrogens (tertiary/aromatic N) is 2. The zero-order valence-corrected chi connectivity index (χ0v) is 17.6. The summed E-state index contributed by atoms with van der Waals surface area (Å²) in [5.41, 5.74) is 5.70. The summed E-state index contributed by atoms with van der Waals surface area (Å²) in [6.07, 6.45) is 1.74. The highest BCUT2D eigenvalue weighted by Gasteiger charge is 2.30. The molecule has 0 radical (unpaired) electrons. The first-order valence-electron chi connectivity index (χ1n) is 9.97. The Balaban J connectivity index is 1.65. The zero-order chi connectivity index (χ0) is 22.1. The number of amides is 2. The van der Waals surface area contributed by atoms with E-state index >= 15 is 0 Å². The number of hydrogen-bond acceptors (Lipinski definition) is 3. The van der Waals surface area contributed by atoms with Gasteiger partial charge in [0.05, 0.1) is 11.7 Å². The summed E-state index contributed by atoms with van der Waals surface area (Å²) in [5, 5.41) is 10.1. The molecule has 0 saturated heterocycles. The van der Waals surface area contributed by atoms with Crippen LogP contribution in [0.5, 0.6) is 0 Å². The minimum atomic E-state index is -0.630. The highest BCUT2D eigenvalue weighted by Crippen LogP contribution is 2.29. The first kappa shape index (κ1) is 20.5. The molecule has 2 aromatic carbocycles. The van der Waals surface area contributed by atoms with Gasteiger partial charge in [0.25, 0.3) is 0 Å². The molecule has 2 heterocycles. The third-order valence-corrected chi connectivity index (χ3v) is 5.46. The van der Waals surface area contributed by atoms with Gasteiger partial charge in [0.15, 0.2) is 5.78 Å². The molecule has 0 unspecified atom stereocenters. The van der Waals surface area contributed by atoms with E-state index in [9.17, 15) is 14.0 Å². The number of Topliss-reactive ketones (excluding diaryl/α,β-unsaturated/α-hetero) is 1. The van der Waals surface area contributed by atoms with Crippen LogP contribution in [0.15, 0.2) is 60.3 Å². The van der Waals surface area contributed by atoms with Crippen molar-refractivity contribution in [2.24, 2.45) is 0 Å². The molecule has 0 bridgehead atoms. The quantitative estimate of drug-likeness (QED) is 0.651. The van der Waals surface area contributed by atoms with E-state index in [4.69, 9.17) is 0 Å². The van der Waals surface area contributed by atoms with Crippen LogP contribution in [0.3, 0.4) is 0 Å². The van der Waals surface area contributed by atoms with Crippen molar-refractivity contribution in [1.82, 2.24) is 20.4 Å². The molecule has 158 valence electrons. The van der Waals surface area contributed by atoms with Crippen molar-refractivity contribution in [3.8, 4) is 11.3 Å². The van der Waals surface area contributed by atoms with Crippen LogP contribution in [0.1, 0.15) is 28.4 Å². The van der Waals surface area contributed by atoms with Crippen LogP contribution >= 0.6 is 0 Å². The molecule has 31 heavy (non-hydrogen) atoms. The van der Waals surface area contributed by atoms with Gasteiger partial charge >= 0.3 is 6.03 Å². The first-order valence-corrected chi connectivity index (χ1v) is 9.97. The van der Waals surface area contributed by atoms with Crippen LogP contribution in [0.4, 0.5) is 9.18 Å². The lowest BCUT2D eigenvalue weighted by molar-refractivity contribution is -0.115. The van der Waals surface area contributed by atoms with Gasteiger partial charge < -0.3 is 10.2 Å². The lowest BCUT2D eigenvalue weighted by atomic mass is 9.90. The molecule has 0 spiro atoms. The summed E-state index contributed by atoms with van der Waals surface area (Å²) in [5.74, 6) is -0.486. The van der Waals surface area contributed by atoms with E-state index in [2.05, 4.69) is 15.5 Å². The third kappa shape index (κ3) is 4.26. The lowest BCUT2D eigenvalue weighted by Gasteiger charge is -2.30. The Morgan fingerprint density at radius 3 is 2.55 bits per heavy atom. The highest BCUT2D eigenvalue weighted by molar-refractivity contribution is 6.00. The number of H-pyrrole nitrogens is 1. The van der Waals surface area contributed by atoms with Crippen molar-refractivity contribution in [1.29, 1.82) is 0 Å². The van der Waals surface area contributed by atoms with Gasteiger partial charge in [-0.3, -0.25) is 9.89 Å². The van der Waals surface area contributed by atoms with Crippen LogP contribution in [0, 0.1) is 19.7 Å². The van der Waals surface area contributed by atoms with E-state index in [1.807, 2.05) is 38.1 Å². The average molecular weight is 418 g/mol. The SMILES string of the molecule is Cc1cc(-c2ccc(C)c(CC(=O)C3=CN(C)C(=O)N[C@H]3c3ccc(F)cc3)c2)n[nH]1. The second-order valence-electron chi connectivity index (χ2n) is 7.81. The van der Waals surface area contributed by atoms with E-state index in [-0.39, 0.29) is 24.1 Å². The van der Waals surface area contributed by atoms with Gasteiger partial charge in [-0.25, -0.2) is 9.18 Å². The monoisotopic (exact) mass is 418 g/mol. The van der Waals surface area contributed by atoms with Gasteiger partial charge in [0, 0.05) is 36.5 Å². The molecule has 0 aliphatic carbocycles. The van der Waals surface area contributed by atoms with Gasteiger partial charge in [-0.05, 0) is 54.8 Å². The number of urea groups is 1. The first-order chi connectivity index (χ1) is 14.8. The van der Waals surface area contributed by atoms with Crippen LogP contribution in [0.2, 0.25) is 0 Å². The topological polar surface area (TPSA) is 78.1 Å². The van der Waals surface area contributed by atoms with Gasteiger partial charge in [0.1, 0.15) is 5.82 Å². The minimum Gasteiger partial charge on any atom is -0.327 e. The molecule has 2 amide bonds. The molecule has 1 aliphatic heterocycles. The summed E-state index contributed by atoms with van der Waals surface area (Å²) in [4.78, 5) is 26.9. The number of hydrogen-bond donors (Lipinski definition) is 2. The predicted molar refractivity (Wildman–Crippen MR) is 116 cm³/mol. The molecule has 1 aliphatic rings. The maximum Gasteiger partial charge on any atom is 0.321 e. The fourth-order valence-electron chi connectivity index (χ4n) is 3.66. The number of ketones is 1. The van der Waals surface area contributed by atoms with Crippen molar-refractivity contribution < 1.29 is 14.0 Å². The second kappa shape index (κ2) is 8.18. The Hall–Kier alpha value is -3.74. The largest absolute Gasteiger partial charge is 0.327 e. The Morgan fingerprint density at radius 2 is 1.87 bits per heavy atom. The lowest BCUT2D eigenvalue weighted by Crippen LogP contribution is -2.43. The number of carbonyl (C=O) groups is 2. The van der Waals surface area contributed by atoms with Gasteiger partial charge in [0.2, 0.25) is 0 Å². The van der Waals surface area contributed by atoms with E-state index in [1.165, 1.54) is 17.0 Å². The Morgan fingerprint density at radius 1 is 1.13 bits per heavy atom. The smallest absolute Gasteiger partial charge is 0.321 e. The summed E-state index contributed by atoms with van der Waals surface area (Å²) in [6.45, 7) is 3.90. The number of rotatable bonds is 5. The molecule has 1 aromatic heterocycles. The number of benzene rings is 2. The molecule has 0 fully saturated rings. The third-order valence-electron chi connectivity index (χ3n) is 5.46. The number of aromatic amines is 1. The van der Waals surface area contributed by atoms with Gasteiger partial charge in [-0.15, -0.1) is 0 Å². The molecule has 2 N–H and O–H groups in total. The van der Waals surface area contributed by atoms with Gasteiger partial charge in [-0.1, -0.05) is 24.3 Å². The van der Waals surface area contributed by atoms with Crippen LogP contribution in [0.25, 0.3) is 11.3 Å². The van der Waals surface area contributed by atoms with Gasteiger partial charge in [-0.2, -0.15) is 5.10 Å². The number of aromatic nitrogens is 2. The predicted octanol–water partition coefficient (Wildman–Crippen LogP) is 4.22. The normalized spacial score (nSPS) is 16.1. The van der Waals surface area contributed by atoms with Crippen molar-refractivity contribution in [3.63, 3.8) is 0 Å². The molecule has 0 saturated carbocycles. The average Bonchev–Trinajstić information content (AvgIpc) is 3.18. The fourth-order valence-corrected chi connectivity index (χ4v) is 3.66. The van der Waals surface area contributed by atoms with Crippen LogP contribution in [-0.2, 0) is 11.2 Å². The number of nitrogens with one attached hydrogen (secondary N) is 2. The van der Waals surface area contributed by atoms with E-state index < -0.39 is 6.04 Å². The van der Waals surface area contributed by atoms with Crippen molar-refractivity contribution in [2.45, 2.75) is 26.3 Å². The molecule has 7 heteroatoms. The van der Waals surface area contributed by atoms with E-state index in [1.54, 1.807) is 25.4 Å². The molecular formula is C24H23FN4O2. The molecule has 4 rings (SSSR count). The summed E-state index contributed by atoms with van der Waals surface area (Å²) in [6, 6.07) is 12.7. The van der Waals surface area contributed by atoms with Crippen LogP contribution < -0.4 is 5.32 Å². The maximum absolute atomic E-state index is 13.4. The number of halogens is 1. The summed E-state index contributed by atoms with van der Waals surface area (Å²) >= 11 is 0. The zero-order valence-electron chi connectivity index (χ0n) is 17.6. The van der Waals surface area contributed by atoms with Crippen molar-refractivity contribution >= 4 is 11.8 Å². The second-order valence-corrected chi connectivity index (χ2v) is 7.81. The van der Waals surface area contributed by atoms with E-state index in [0.29, 0.717) is 11.1 Å².